The number of likely N-dealkylation sites (N-methyl/N-ethyl adjacent to an activating group) is 1. The topological polar surface area (TPSA) is 46.9 Å². The van der Waals surface area contributed by atoms with Crippen LogP contribution in [0.15, 0.2) is 42.5 Å². The Bertz CT molecular complexity index is 954. The number of hydrogen-bond acceptors (Lipinski definition) is 4. The molecule has 0 bridgehead atoms. The number of nitrogens with zero attached hydrogens (tertiary/aromatic N) is 2. The van der Waals surface area contributed by atoms with Crippen LogP contribution in [0.1, 0.15) is 19.4 Å². The Morgan fingerprint density at radius 1 is 1.17 bits per heavy atom. The van der Waals surface area contributed by atoms with E-state index in [0.717, 1.165) is 41.2 Å². The molecule has 0 unspecified atom stereocenters. The normalized spacial score (nSPS) is 11.2. The first-order chi connectivity index (χ1) is 14.0. The third-order valence-corrected chi connectivity index (χ3v) is 6.11. The molecule has 0 aliphatic heterocycles. The maximum Gasteiger partial charge on any atom is 0.233 e. The van der Waals surface area contributed by atoms with Crippen molar-refractivity contribution in [3.63, 3.8) is 0 Å². The number of fused-ring (bicyclic) bond motifs is 1. The van der Waals surface area contributed by atoms with Gasteiger partial charge in [0.2, 0.25) is 5.91 Å². The van der Waals surface area contributed by atoms with Gasteiger partial charge in [0.15, 0.2) is 5.13 Å². The van der Waals surface area contributed by atoms with Crippen molar-refractivity contribution in [2.45, 2.75) is 20.3 Å². The van der Waals surface area contributed by atoms with Gasteiger partial charge < -0.3 is 9.64 Å². The second kappa shape index (κ2) is 9.80. The fourth-order valence-corrected chi connectivity index (χ4v) is 4.25. The summed E-state index contributed by atoms with van der Waals surface area (Å²) >= 11 is 1.49. The molecule has 29 heavy (non-hydrogen) atoms. The van der Waals surface area contributed by atoms with Gasteiger partial charge in [-0.1, -0.05) is 23.5 Å². The SMILES string of the molecule is CC[NH+](CC)CCN(C(=O)Cc1ccc(F)cc1)c1nc2ccc(OC)cc2s1. The average molecular weight is 417 g/mol. The number of amides is 1. The summed E-state index contributed by atoms with van der Waals surface area (Å²) in [5.41, 5.74) is 1.64. The highest BCUT2D eigenvalue weighted by atomic mass is 32.1. The van der Waals surface area contributed by atoms with Crippen LogP contribution in [0.5, 0.6) is 5.75 Å². The standard InChI is InChI=1S/C22H26FN3O2S/c1-4-25(5-2)12-13-26(21(27)14-16-6-8-17(23)9-7-16)22-24-19-11-10-18(28-3)15-20(19)29-22/h6-11,15H,4-5,12-14H2,1-3H3/p+1. The lowest BCUT2D eigenvalue weighted by Gasteiger charge is -2.23. The highest BCUT2D eigenvalue weighted by Crippen LogP contribution is 2.31. The molecule has 0 aliphatic rings. The lowest BCUT2D eigenvalue weighted by Crippen LogP contribution is -3.12. The van der Waals surface area contributed by atoms with E-state index in [1.54, 1.807) is 24.1 Å². The van der Waals surface area contributed by atoms with Gasteiger partial charge >= 0.3 is 0 Å². The van der Waals surface area contributed by atoms with Crippen LogP contribution in [0.4, 0.5) is 9.52 Å². The summed E-state index contributed by atoms with van der Waals surface area (Å²) in [5, 5.41) is 0.687. The van der Waals surface area contributed by atoms with Gasteiger partial charge in [-0.15, -0.1) is 0 Å². The third-order valence-electron chi connectivity index (χ3n) is 5.07. The molecule has 2 aromatic carbocycles. The first-order valence-corrected chi connectivity index (χ1v) is 10.7. The Hall–Kier alpha value is -2.51. The highest BCUT2D eigenvalue weighted by Gasteiger charge is 2.22. The maximum absolute atomic E-state index is 13.2. The summed E-state index contributed by atoms with van der Waals surface area (Å²) in [6.45, 7) is 7.75. The molecule has 5 nitrogen and oxygen atoms in total. The number of aromatic nitrogens is 1. The van der Waals surface area contributed by atoms with Gasteiger partial charge in [0.25, 0.3) is 0 Å². The molecule has 0 spiro atoms. The molecule has 1 N–H and O–H groups in total. The quantitative estimate of drug-likeness (QED) is 0.583. The van der Waals surface area contributed by atoms with Crippen molar-refractivity contribution in [2.75, 3.05) is 38.2 Å². The molecule has 3 aromatic rings. The van der Waals surface area contributed by atoms with Gasteiger partial charge in [-0.25, -0.2) is 9.37 Å². The van der Waals surface area contributed by atoms with E-state index in [9.17, 15) is 9.18 Å². The number of anilines is 1. The lowest BCUT2D eigenvalue weighted by atomic mass is 10.1. The number of rotatable bonds is 9. The number of benzene rings is 2. The molecule has 0 radical (unpaired) electrons. The van der Waals surface area contributed by atoms with E-state index < -0.39 is 0 Å². The molecule has 1 aromatic heterocycles. The monoisotopic (exact) mass is 416 g/mol. The first kappa shape index (κ1) is 21.2. The van der Waals surface area contributed by atoms with Crippen LogP contribution in [-0.4, -0.2) is 44.2 Å². The molecule has 1 amide bonds. The number of hydrogen-bond donors (Lipinski definition) is 1. The van der Waals surface area contributed by atoms with Gasteiger partial charge in [0.1, 0.15) is 11.6 Å². The summed E-state index contributed by atoms with van der Waals surface area (Å²) in [6, 6.07) is 11.8. The largest absolute Gasteiger partial charge is 0.497 e. The Balaban J connectivity index is 1.87. The zero-order valence-electron chi connectivity index (χ0n) is 17.1. The van der Waals surface area contributed by atoms with Crippen LogP contribution in [0.2, 0.25) is 0 Å². The number of carbonyl (C=O) groups excluding carboxylic acids is 1. The van der Waals surface area contributed by atoms with Crippen molar-refractivity contribution in [3.05, 3.63) is 53.8 Å². The van der Waals surface area contributed by atoms with Crippen molar-refractivity contribution in [1.82, 2.24) is 4.98 Å². The number of thiazole rings is 1. The highest BCUT2D eigenvalue weighted by molar-refractivity contribution is 7.22. The second-order valence-corrected chi connectivity index (χ2v) is 7.89. The second-order valence-electron chi connectivity index (χ2n) is 6.89. The van der Waals surface area contributed by atoms with E-state index in [-0.39, 0.29) is 18.1 Å². The van der Waals surface area contributed by atoms with E-state index in [2.05, 4.69) is 13.8 Å². The first-order valence-electron chi connectivity index (χ1n) is 9.87. The maximum atomic E-state index is 13.2. The van der Waals surface area contributed by atoms with Gasteiger partial charge in [0, 0.05) is 0 Å². The predicted octanol–water partition coefficient (Wildman–Crippen LogP) is 2.94. The summed E-state index contributed by atoms with van der Waals surface area (Å²) < 4.78 is 19.5. The van der Waals surface area contributed by atoms with Gasteiger partial charge in [-0.2, -0.15) is 0 Å². The fourth-order valence-electron chi connectivity index (χ4n) is 3.21. The molecule has 7 heteroatoms. The molecular weight excluding hydrogens is 389 g/mol. The van der Waals surface area contributed by atoms with Crippen molar-refractivity contribution < 1.29 is 18.8 Å². The molecule has 0 saturated heterocycles. The van der Waals surface area contributed by atoms with Crippen molar-refractivity contribution in [3.8, 4) is 5.75 Å². The third kappa shape index (κ3) is 5.31. The molecule has 0 saturated carbocycles. The molecule has 0 atom stereocenters. The zero-order chi connectivity index (χ0) is 20.8. The average Bonchev–Trinajstić information content (AvgIpc) is 3.15. The summed E-state index contributed by atoms with van der Waals surface area (Å²) in [7, 11) is 1.63. The number of ether oxygens (including phenoxy) is 1. The van der Waals surface area contributed by atoms with E-state index in [4.69, 9.17) is 9.72 Å². The van der Waals surface area contributed by atoms with E-state index in [1.807, 2.05) is 18.2 Å². The van der Waals surface area contributed by atoms with E-state index in [1.165, 1.54) is 28.4 Å². The fraction of sp³-hybridized carbons (Fsp3) is 0.364. The molecule has 3 rings (SSSR count). The van der Waals surface area contributed by atoms with Crippen LogP contribution in [0.25, 0.3) is 10.2 Å². The summed E-state index contributed by atoms with van der Waals surface area (Å²) in [6.07, 6.45) is 0.215. The minimum Gasteiger partial charge on any atom is -0.497 e. The Morgan fingerprint density at radius 3 is 2.55 bits per heavy atom. The van der Waals surface area contributed by atoms with Gasteiger partial charge in [0.05, 0.1) is 49.9 Å². The van der Waals surface area contributed by atoms with E-state index >= 15 is 0 Å². The number of methoxy groups -OCH3 is 1. The predicted molar refractivity (Wildman–Crippen MR) is 116 cm³/mol. The molecular formula is C22H27FN3O2S+. The summed E-state index contributed by atoms with van der Waals surface area (Å²) in [5.74, 6) is 0.432. The van der Waals surface area contributed by atoms with Crippen LogP contribution in [-0.2, 0) is 11.2 Å². The lowest BCUT2D eigenvalue weighted by molar-refractivity contribution is -0.894. The van der Waals surface area contributed by atoms with Crippen molar-refractivity contribution >= 4 is 32.6 Å². The number of halogens is 1. The number of carbonyl (C=O) groups is 1. The minimum absolute atomic E-state index is 0.0332. The van der Waals surface area contributed by atoms with Gasteiger partial charge in [-0.05, 0) is 49.7 Å². The van der Waals surface area contributed by atoms with Crippen LogP contribution < -0.4 is 14.5 Å². The smallest absolute Gasteiger partial charge is 0.233 e. The van der Waals surface area contributed by atoms with Crippen LogP contribution in [0.3, 0.4) is 0 Å². The van der Waals surface area contributed by atoms with Gasteiger partial charge in [-0.3, -0.25) is 9.69 Å². The van der Waals surface area contributed by atoms with Crippen molar-refractivity contribution in [1.29, 1.82) is 0 Å². The minimum atomic E-state index is -0.302. The number of quaternary nitrogens is 1. The molecule has 0 aliphatic carbocycles. The molecule has 1 heterocycles. The van der Waals surface area contributed by atoms with Crippen molar-refractivity contribution in [2.24, 2.45) is 0 Å². The number of nitrogens with one attached hydrogen (secondary N) is 1. The molecule has 154 valence electrons. The zero-order valence-corrected chi connectivity index (χ0v) is 17.9. The van der Waals surface area contributed by atoms with E-state index in [0.29, 0.717) is 11.7 Å². The molecule has 0 fully saturated rings. The van der Waals surface area contributed by atoms with Crippen LogP contribution >= 0.6 is 11.3 Å². The summed E-state index contributed by atoms with van der Waals surface area (Å²) in [4.78, 5) is 21.0. The Morgan fingerprint density at radius 2 is 1.90 bits per heavy atom. The van der Waals surface area contributed by atoms with Crippen LogP contribution in [0, 0.1) is 5.82 Å². The Labute approximate surface area is 174 Å². The Kier molecular flexibility index (Phi) is 7.17.